The van der Waals surface area contributed by atoms with Crippen LogP contribution in [0.3, 0.4) is 0 Å². The standard InChI is InChI=1S/C27H25FN2O4/c1-16(2)18-6-8-19(9-7-18)24-23(25(31)20-10-11-22(34-3)21(28)13-20)26(32)27(33)30(24)15-17-5-4-12-29-14-17/h4-14,16,24,31H,15H2,1-3H3/t24-/m1/s1. The molecule has 0 spiro atoms. The van der Waals surface area contributed by atoms with E-state index < -0.39 is 29.3 Å². The second kappa shape index (κ2) is 9.47. The van der Waals surface area contributed by atoms with Crippen molar-refractivity contribution in [2.45, 2.75) is 32.4 Å². The van der Waals surface area contributed by atoms with Crippen molar-refractivity contribution in [3.05, 3.63) is 101 Å². The van der Waals surface area contributed by atoms with Gasteiger partial charge in [-0.25, -0.2) is 4.39 Å². The van der Waals surface area contributed by atoms with Crippen molar-refractivity contribution in [2.75, 3.05) is 7.11 Å². The molecule has 3 aromatic rings. The zero-order valence-corrected chi connectivity index (χ0v) is 19.2. The molecule has 2 heterocycles. The average Bonchev–Trinajstić information content (AvgIpc) is 3.09. The maximum Gasteiger partial charge on any atom is 0.295 e. The number of benzene rings is 2. The fourth-order valence-electron chi connectivity index (χ4n) is 4.11. The zero-order valence-electron chi connectivity index (χ0n) is 19.2. The molecule has 0 radical (unpaired) electrons. The number of carbonyl (C=O) groups excluding carboxylic acids is 2. The third kappa shape index (κ3) is 4.29. The van der Waals surface area contributed by atoms with Crippen LogP contribution in [0.15, 0.2) is 72.6 Å². The van der Waals surface area contributed by atoms with E-state index in [1.54, 1.807) is 18.5 Å². The highest BCUT2D eigenvalue weighted by Gasteiger charge is 2.46. The van der Waals surface area contributed by atoms with Crippen molar-refractivity contribution in [1.29, 1.82) is 0 Å². The first-order valence-electron chi connectivity index (χ1n) is 10.9. The Morgan fingerprint density at radius 1 is 1.15 bits per heavy atom. The molecule has 1 aromatic heterocycles. The Balaban J connectivity index is 1.85. The number of ketones is 1. The molecule has 0 bridgehead atoms. The molecule has 0 saturated carbocycles. The number of likely N-dealkylation sites (tertiary alicyclic amines) is 1. The summed E-state index contributed by atoms with van der Waals surface area (Å²) in [6, 6.07) is 14.2. The van der Waals surface area contributed by atoms with Gasteiger partial charge in [0.1, 0.15) is 5.76 Å². The number of ether oxygens (including phenoxy) is 1. The third-order valence-electron chi connectivity index (χ3n) is 5.96. The monoisotopic (exact) mass is 460 g/mol. The number of rotatable bonds is 6. The Hall–Kier alpha value is -4.00. The summed E-state index contributed by atoms with van der Waals surface area (Å²) in [6.45, 7) is 4.27. The Morgan fingerprint density at radius 3 is 2.47 bits per heavy atom. The quantitative estimate of drug-likeness (QED) is 0.319. The molecule has 4 rings (SSSR count). The first-order valence-corrected chi connectivity index (χ1v) is 10.9. The number of halogens is 1. The molecule has 34 heavy (non-hydrogen) atoms. The Bertz CT molecular complexity index is 1250. The highest BCUT2D eigenvalue weighted by Crippen LogP contribution is 2.41. The van der Waals surface area contributed by atoms with Gasteiger partial charge in [0.15, 0.2) is 11.6 Å². The first-order chi connectivity index (χ1) is 16.3. The summed E-state index contributed by atoms with van der Waals surface area (Å²) < 4.78 is 19.3. The predicted molar refractivity (Wildman–Crippen MR) is 126 cm³/mol. The van der Waals surface area contributed by atoms with Crippen molar-refractivity contribution in [3.63, 3.8) is 0 Å². The van der Waals surface area contributed by atoms with E-state index in [1.165, 1.54) is 24.1 Å². The summed E-state index contributed by atoms with van der Waals surface area (Å²) >= 11 is 0. The molecule has 1 atom stereocenters. The molecule has 1 N–H and O–H groups in total. The van der Waals surface area contributed by atoms with Crippen molar-refractivity contribution >= 4 is 17.4 Å². The smallest absolute Gasteiger partial charge is 0.295 e. The van der Waals surface area contributed by atoms with Crippen LogP contribution >= 0.6 is 0 Å². The largest absolute Gasteiger partial charge is 0.507 e. The lowest BCUT2D eigenvalue weighted by Crippen LogP contribution is -2.29. The van der Waals surface area contributed by atoms with Gasteiger partial charge in [0.2, 0.25) is 0 Å². The number of nitrogens with zero attached hydrogens (tertiary/aromatic N) is 2. The fraction of sp³-hybridized carbons (Fsp3) is 0.222. The topological polar surface area (TPSA) is 79.7 Å². The lowest BCUT2D eigenvalue weighted by molar-refractivity contribution is -0.140. The Kier molecular flexibility index (Phi) is 6.45. The normalized spacial score (nSPS) is 17.4. The molecule has 7 heteroatoms. The van der Waals surface area contributed by atoms with Gasteiger partial charge in [0, 0.05) is 24.5 Å². The zero-order chi connectivity index (χ0) is 24.4. The van der Waals surface area contributed by atoms with Gasteiger partial charge < -0.3 is 14.7 Å². The second-order valence-corrected chi connectivity index (χ2v) is 8.46. The molecule has 1 aliphatic heterocycles. The minimum Gasteiger partial charge on any atom is -0.507 e. The van der Waals surface area contributed by atoms with Gasteiger partial charge in [-0.2, -0.15) is 0 Å². The van der Waals surface area contributed by atoms with E-state index in [-0.39, 0.29) is 23.4 Å². The molecule has 1 aliphatic rings. The van der Waals surface area contributed by atoms with Crippen molar-refractivity contribution in [1.82, 2.24) is 9.88 Å². The van der Waals surface area contributed by atoms with Crippen LogP contribution in [0.1, 0.15) is 48.1 Å². The lowest BCUT2D eigenvalue weighted by atomic mass is 9.93. The van der Waals surface area contributed by atoms with Crippen LogP contribution in [0.25, 0.3) is 5.76 Å². The summed E-state index contributed by atoms with van der Waals surface area (Å²) in [5.41, 5.74) is 2.51. The summed E-state index contributed by atoms with van der Waals surface area (Å²) in [7, 11) is 1.34. The molecule has 1 amide bonds. The van der Waals surface area contributed by atoms with Crippen LogP contribution in [-0.2, 0) is 16.1 Å². The first kappa shape index (κ1) is 23.2. The van der Waals surface area contributed by atoms with Gasteiger partial charge in [0.25, 0.3) is 11.7 Å². The maximum absolute atomic E-state index is 14.3. The maximum atomic E-state index is 14.3. The fourth-order valence-corrected chi connectivity index (χ4v) is 4.11. The molecule has 0 unspecified atom stereocenters. The highest BCUT2D eigenvalue weighted by atomic mass is 19.1. The average molecular weight is 461 g/mol. The van der Waals surface area contributed by atoms with E-state index in [4.69, 9.17) is 4.74 Å². The third-order valence-corrected chi connectivity index (χ3v) is 5.96. The van der Waals surface area contributed by atoms with Gasteiger partial charge in [0.05, 0.1) is 18.7 Å². The van der Waals surface area contributed by atoms with E-state index >= 15 is 0 Å². The minimum absolute atomic E-state index is 0.00871. The number of Topliss-reactive ketones (excluding diaryl/α,β-unsaturated/α-hetero) is 1. The van der Waals surface area contributed by atoms with Gasteiger partial charge in [-0.3, -0.25) is 14.6 Å². The Morgan fingerprint density at radius 2 is 1.88 bits per heavy atom. The summed E-state index contributed by atoms with van der Waals surface area (Å²) in [4.78, 5) is 31.7. The number of aliphatic hydroxyl groups is 1. The van der Waals surface area contributed by atoms with Gasteiger partial charge in [-0.15, -0.1) is 0 Å². The van der Waals surface area contributed by atoms with Crippen molar-refractivity contribution in [3.8, 4) is 5.75 Å². The van der Waals surface area contributed by atoms with Gasteiger partial charge in [-0.05, 0) is 46.9 Å². The number of methoxy groups -OCH3 is 1. The van der Waals surface area contributed by atoms with Crippen LogP contribution in [0.4, 0.5) is 4.39 Å². The van der Waals surface area contributed by atoms with E-state index in [2.05, 4.69) is 18.8 Å². The molecule has 1 saturated heterocycles. The van der Waals surface area contributed by atoms with Gasteiger partial charge in [-0.1, -0.05) is 44.2 Å². The molecule has 174 valence electrons. The van der Waals surface area contributed by atoms with Crippen LogP contribution in [0.5, 0.6) is 5.75 Å². The summed E-state index contributed by atoms with van der Waals surface area (Å²) in [5, 5.41) is 11.1. The molecular formula is C27H25FN2O4. The number of aromatic nitrogens is 1. The molecule has 0 aliphatic carbocycles. The number of hydrogen-bond acceptors (Lipinski definition) is 5. The minimum atomic E-state index is -0.841. The van der Waals surface area contributed by atoms with Crippen molar-refractivity contribution in [2.24, 2.45) is 0 Å². The number of pyridine rings is 1. The molecule has 1 fully saturated rings. The number of hydrogen-bond donors (Lipinski definition) is 1. The number of aliphatic hydroxyl groups excluding tert-OH is 1. The predicted octanol–water partition coefficient (Wildman–Crippen LogP) is 4.97. The highest BCUT2D eigenvalue weighted by molar-refractivity contribution is 6.46. The van der Waals surface area contributed by atoms with Gasteiger partial charge >= 0.3 is 0 Å². The molecular weight excluding hydrogens is 435 g/mol. The van der Waals surface area contributed by atoms with Crippen LogP contribution in [0, 0.1) is 5.82 Å². The molecule has 2 aromatic carbocycles. The summed E-state index contributed by atoms with van der Waals surface area (Å²) in [5.74, 6) is -2.37. The van der Waals surface area contributed by atoms with Crippen molar-refractivity contribution < 1.29 is 23.8 Å². The number of carbonyl (C=O) groups is 2. The van der Waals surface area contributed by atoms with E-state index in [1.807, 2.05) is 30.3 Å². The SMILES string of the molecule is COc1ccc(C(O)=C2C(=O)C(=O)N(Cc3cccnc3)[C@@H]2c2ccc(C(C)C)cc2)cc1F. The Labute approximate surface area is 197 Å². The molecule has 6 nitrogen and oxygen atoms in total. The van der Waals surface area contributed by atoms with E-state index in [0.29, 0.717) is 11.5 Å². The number of amides is 1. The lowest BCUT2D eigenvalue weighted by Gasteiger charge is -2.25. The second-order valence-electron chi connectivity index (χ2n) is 8.46. The van der Waals surface area contributed by atoms with Crippen LogP contribution in [-0.4, -0.2) is 33.8 Å². The summed E-state index contributed by atoms with van der Waals surface area (Å²) in [6.07, 6.45) is 3.25. The van der Waals surface area contributed by atoms with Crippen LogP contribution in [0.2, 0.25) is 0 Å². The van der Waals surface area contributed by atoms with E-state index in [9.17, 15) is 19.1 Å². The van der Waals surface area contributed by atoms with E-state index in [0.717, 1.165) is 17.2 Å². The van der Waals surface area contributed by atoms with Crippen LogP contribution < -0.4 is 4.74 Å².